The second kappa shape index (κ2) is 10.8. The largest absolute Gasteiger partial charge is 0.379 e. The molecule has 2 aromatic rings. The summed E-state index contributed by atoms with van der Waals surface area (Å²) in [6.45, 7) is 7.36. The molecule has 2 fully saturated rings. The molecular formula is C22H29N5O4S2. The van der Waals surface area contributed by atoms with E-state index in [1.807, 2.05) is 15.5 Å². The average molecular weight is 492 g/mol. The van der Waals surface area contributed by atoms with Crippen molar-refractivity contribution in [2.24, 2.45) is 0 Å². The Morgan fingerprint density at radius 2 is 1.88 bits per heavy atom. The smallest absolute Gasteiger partial charge is 0.243 e. The van der Waals surface area contributed by atoms with Crippen LogP contribution in [0.25, 0.3) is 11.4 Å². The average Bonchev–Trinajstić information content (AvgIpc) is 3.26. The number of carbonyl (C=O) groups is 1. The number of allylic oxidation sites excluding steroid dienone is 1. The maximum absolute atomic E-state index is 13.1. The van der Waals surface area contributed by atoms with E-state index in [4.69, 9.17) is 4.74 Å². The highest BCUT2D eigenvalue weighted by Crippen LogP contribution is 2.27. The Balaban J connectivity index is 1.55. The van der Waals surface area contributed by atoms with Crippen molar-refractivity contribution in [2.45, 2.75) is 35.9 Å². The van der Waals surface area contributed by atoms with Gasteiger partial charge in [-0.3, -0.25) is 9.36 Å². The molecule has 4 rings (SSSR count). The highest BCUT2D eigenvalue weighted by Gasteiger charge is 2.27. The van der Waals surface area contributed by atoms with Crippen LogP contribution >= 0.6 is 11.8 Å². The molecule has 0 atom stereocenters. The number of aromatic nitrogens is 3. The second-order valence-electron chi connectivity index (χ2n) is 7.98. The van der Waals surface area contributed by atoms with Gasteiger partial charge in [-0.25, -0.2) is 8.42 Å². The van der Waals surface area contributed by atoms with Crippen molar-refractivity contribution in [1.82, 2.24) is 24.0 Å². The highest BCUT2D eigenvalue weighted by atomic mass is 32.2. The molecule has 0 bridgehead atoms. The van der Waals surface area contributed by atoms with E-state index >= 15 is 0 Å². The quantitative estimate of drug-likeness (QED) is 0.413. The number of sulfonamides is 1. The zero-order valence-electron chi connectivity index (χ0n) is 18.6. The van der Waals surface area contributed by atoms with Crippen LogP contribution < -0.4 is 0 Å². The van der Waals surface area contributed by atoms with Gasteiger partial charge in [0.15, 0.2) is 11.0 Å². The van der Waals surface area contributed by atoms with E-state index in [2.05, 4.69) is 16.8 Å². The molecule has 3 heterocycles. The minimum atomic E-state index is -3.62. The molecule has 0 aliphatic carbocycles. The number of ether oxygens (including phenoxy) is 1. The zero-order chi connectivity index (χ0) is 23.3. The van der Waals surface area contributed by atoms with Crippen LogP contribution in [-0.2, 0) is 26.1 Å². The molecule has 2 aliphatic rings. The van der Waals surface area contributed by atoms with Gasteiger partial charge in [0.25, 0.3) is 0 Å². The lowest BCUT2D eigenvalue weighted by molar-refractivity contribution is -0.129. The molecule has 0 spiro atoms. The molecular weight excluding hydrogens is 462 g/mol. The van der Waals surface area contributed by atoms with Crippen LogP contribution in [0.1, 0.15) is 19.3 Å². The van der Waals surface area contributed by atoms with E-state index in [9.17, 15) is 13.2 Å². The van der Waals surface area contributed by atoms with Gasteiger partial charge in [0.1, 0.15) is 0 Å². The summed E-state index contributed by atoms with van der Waals surface area (Å²) in [6, 6.07) is 6.74. The maximum atomic E-state index is 13.1. The predicted molar refractivity (Wildman–Crippen MR) is 126 cm³/mol. The zero-order valence-corrected chi connectivity index (χ0v) is 20.2. The van der Waals surface area contributed by atoms with E-state index < -0.39 is 10.0 Å². The number of hydrogen-bond acceptors (Lipinski definition) is 7. The third-order valence-corrected chi connectivity index (χ3v) is 8.61. The van der Waals surface area contributed by atoms with Crippen molar-refractivity contribution in [3.63, 3.8) is 0 Å². The lowest BCUT2D eigenvalue weighted by Gasteiger charge is -2.26. The summed E-state index contributed by atoms with van der Waals surface area (Å²) in [5.74, 6) is 0.940. The molecule has 0 radical (unpaired) electrons. The third kappa shape index (κ3) is 5.48. The van der Waals surface area contributed by atoms with Gasteiger partial charge in [-0.05, 0) is 31.4 Å². The van der Waals surface area contributed by atoms with Gasteiger partial charge in [0.2, 0.25) is 15.9 Å². The van der Waals surface area contributed by atoms with Gasteiger partial charge in [0.05, 0.1) is 23.9 Å². The van der Waals surface area contributed by atoms with Crippen LogP contribution in [-0.4, -0.2) is 83.4 Å². The molecule has 0 saturated carbocycles. The Labute approximate surface area is 198 Å². The molecule has 11 heteroatoms. The van der Waals surface area contributed by atoms with Crippen LogP contribution in [0, 0.1) is 0 Å². The van der Waals surface area contributed by atoms with Crippen molar-refractivity contribution < 1.29 is 17.9 Å². The first-order valence-electron chi connectivity index (χ1n) is 11.1. The Morgan fingerprint density at radius 3 is 2.61 bits per heavy atom. The molecule has 1 aromatic carbocycles. The molecule has 0 unspecified atom stereocenters. The summed E-state index contributed by atoms with van der Waals surface area (Å²) >= 11 is 1.35. The van der Waals surface area contributed by atoms with E-state index in [0.29, 0.717) is 55.1 Å². The number of morpholine rings is 1. The number of rotatable bonds is 8. The first-order chi connectivity index (χ1) is 16.0. The number of carbonyl (C=O) groups excluding carboxylic acids is 1. The van der Waals surface area contributed by atoms with Crippen molar-refractivity contribution in [3.05, 3.63) is 36.9 Å². The third-order valence-electron chi connectivity index (χ3n) is 5.76. The highest BCUT2D eigenvalue weighted by molar-refractivity contribution is 7.99. The van der Waals surface area contributed by atoms with Crippen LogP contribution in [0.5, 0.6) is 0 Å². The first-order valence-corrected chi connectivity index (χ1v) is 13.6. The molecule has 0 N–H and O–H groups in total. The van der Waals surface area contributed by atoms with Crippen molar-refractivity contribution in [1.29, 1.82) is 0 Å². The van der Waals surface area contributed by atoms with Gasteiger partial charge in [-0.1, -0.05) is 30.0 Å². The Bertz CT molecular complexity index is 1090. The summed E-state index contributed by atoms with van der Waals surface area (Å²) in [5, 5.41) is 9.22. The van der Waals surface area contributed by atoms with E-state index in [1.54, 1.807) is 24.3 Å². The van der Waals surface area contributed by atoms with Gasteiger partial charge >= 0.3 is 0 Å². The standard InChI is InChI=1S/C22H29N5O4S2/c1-2-9-27-21(23-24-22(27)32-17-20(28)25-10-4-3-5-11-25)18-7-6-8-19(16-18)33(29,30)26-12-14-31-15-13-26/h2,6-8,16H,1,3-5,9-15,17H2. The van der Waals surface area contributed by atoms with Crippen LogP contribution in [0.4, 0.5) is 0 Å². The number of amides is 1. The molecule has 1 amide bonds. The van der Waals surface area contributed by atoms with Gasteiger partial charge in [0, 0.05) is 38.3 Å². The number of piperidine rings is 1. The summed E-state index contributed by atoms with van der Waals surface area (Å²) < 4.78 is 34.7. The Hall–Kier alpha value is -2.21. The Morgan fingerprint density at radius 1 is 1.12 bits per heavy atom. The fraction of sp³-hybridized carbons (Fsp3) is 0.500. The number of nitrogens with zero attached hydrogens (tertiary/aromatic N) is 5. The maximum Gasteiger partial charge on any atom is 0.243 e. The molecule has 1 aromatic heterocycles. The van der Waals surface area contributed by atoms with Crippen LogP contribution in [0.3, 0.4) is 0 Å². The monoisotopic (exact) mass is 491 g/mol. The fourth-order valence-corrected chi connectivity index (χ4v) is 6.30. The number of hydrogen-bond donors (Lipinski definition) is 0. The number of likely N-dealkylation sites (tertiary alicyclic amines) is 1. The topological polar surface area (TPSA) is 97.6 Å². The van der Waals surface area contributed by atoms with Crippen molar-refractivity contribution >= 4 is 27.7 Å². The van der Waals surface area contributed by atoms with Gasteiger partial charge in [-0.2, -0.15) is 4.31 Å². The lowest BCUT2D eigenvalue weighted by Crippen LogP contribution is -2.40. The molecule has 2 saturated heterocycles. The van der Waals surface area contributed by atoms with Crippen molar-refractivity contribution in [2.75, 3.05) is 45.1 Å². The molecule has 9 nitrogen and oxygen atoms in total. The fourth-order valence-electron chi connectivity index (χ4n) is 4.00. The molecule has 33 heavy (non-hydrogen) atoms. The summed E-state index contributed by atoms with van der Waals surface area (Å²) in [7, 11) is -3.62. The number of benzene rings is 1. The van der Waals surface area contributed by atoms with E-state index in [1.165, 1.54) is 22.5 Å². The summed E-state index contributed by atoms with van der Waals surface area (Å²) in [4.78, 5) is 14.7. The van der Waals surface area contributed by atoms with Crippen molar-refractivity contribution in [3.8, 4) is 11.4 Å². The summed E-state index contributed by atoms with van der Waals surface area (Å²) in [5.41, 5.74) is 0.646. The van der Waals surface area contributed by atoms with Gasteiger partial charge < -0.3 is 9.64 Å². The first kappa shape index (κ1) is 23.9. The van der Waals surface area contributed by atoms with Crippen LogP contribution in [0.2, 0.25) is 0 Å². The lowest BCUT2D eigenvalue weighted by atomic mass is 10.1. The van der Waals surface area contributed by atoms with Crippen LogP contribution in [0.15, 0.2) is 47.0 Å². The molecule has 178 valence electrons. The van der Waals surface area contributed by atoms with E-state index in [-0.39, 0.29) is 10.8 Å². The minimum Gasteiger partial charge on any atom is -0.379 e. The van der Waals surface area contributed by atoms with E-state index in [0.717, 1.165) is 25.9 Å². The SMILES string of the molecule is C=CCn1c(SCC(=O)N2CCCCC2)nnc1-c1cccc(S(=O)(=O)N2CCOCC2)c1. The predicted octanol–water partition coefficient (Wildman–Crippen LogP) is 2.26. The normalized spacial score (nSPS) is 17.8. The Kier molecular flexibility index (Phi) is 7.84. The van der Waals surface area contributed by atoms with Gasteiger partial charge in [-0.15, -0.1) is 16.8 Å². The summed E-state index contributed by atoms with van der Waals surface area (Å²) in [6.07, 6.45) is 5.01. The minimum absolute atomic E-state index is 0.105. The second-order valence-corrected chi connectivity index (χ2v) is 10.9. The molecule has 2 aliphatic heterocycles. The number of thioether (sulfide) groups is 1.